The Morgan fingerprint density at radius 2 is 1.94 bits per heavy atom. The van der Waals surface area contributed by atoms with Crippen LogP contribution in [-0.4, -0.2) is 51.4 Å². The third-order valence-corrected chi connectivity index (χ3v) is 7.06. The maximum Gasteiger partial charge on any atom is 0.258 e. The standard InChI is InChI=1S/C26H34FN5O/c1-4-25(20-7-5-6-8-20)32-10-9-31(15-18(32)2)16-21-11-23(27)12-24(19(21)3)30-26(33)22-13-28-17-29-14-22/h4,11-14,17-18,20H,5-10,15-16H2,1-3H3,(H,30,33). The van der Waals surface area contributed by atoms with Gasteiger partial charge < -0.3 is 10.2 Å². The van der Waals surface area contributed by atoms with Gasteiger partial charge >= 0.3 is 0 Å². The minimum absolute atomic E-state index is 0.342. The summed E-state index contributed by atoms with van der Waals surface area (Å²) in [6.07, 6.45) is 11.9. The number of aromatic nitrogens is 2. The number of carbonyl (C=O) groups is 1. The van der Waals surface area contributed by atoms with Gasteiger partial charge in [0.15, 0.2) is 0 Å². The molecule has 0 spiro atoms. The van der Waals surface area contributed by atoms with Crippen molar-refractivity contribution < 1.29 is 9.18 Å². The largest absolute Gasteiger partial charge is 0.370 e. The Kier molecular flexibility index (Phi) is 7.38. The first-order chi connectivity index (χ1) is 16.0. The van der Waals surface area contributed by atoms with Gasteiger partial charge in [0, 0.05) is 56.0 Å². The molecule has 0 radical (unpaired) electrons. The lowest BCUT2D eigenvalue weighted by molar-refractivity contribution is 0.0956. The number of carbonyl (C=O) groups excluding carboxylic acids is 1. The number of amides is 1. The molecular formula is C26H34FN5O. The van der Waals surface area contributed by atoms with Gasteiger partial charge in [0.25, 0.3) is 5.91 Å². The van der Waals surface area contributed by atoms with Crippen LogP contribution in [0.25, 0.3) is 0 Å². The maximum atomic E-state index is 14.5. The van der Waals surface area contributed by atoms with Crippen LogP contribution in [0, 0.1) is 18.7 Å². The minimum Gasteiger partial charge on any atom is -0.370 e. The second kappa shape index (κ2) is 10.4. The fourth-order valence-electron chi connectivity index (χ4n) is 5.30. The van der Waals surface area contributed by atoms with Gasteiger partial charge in [-0.05, 0) is 62.8 Å². The van der Waals surface area contributed by atoms with E-state index in [2.05, 4.69) is 45.0 Å². The van der Waals surface area contributed by atoms with Gasteiger partial charge in [0.05, 0.1) is 5.56 Å². The summed E-state index contributed by atoms with van der Waals surface area (Å²) in [5.41, 5.74) is 4.13. The zero-order valence-electron chi connectivity index (χ0n) is 19.9. The third kappa shape index (κ3) is 5.41. The van der Waals surface area contributed by atoms with E-state index in [0.29, 0.717) is 29.8 Å². The molecule has 1 aliphatic heterocycles. The predicted molar refractivity (Wildman–Crippen MR) is 128 cm³/mol. The summed E-state index contributed by atoms with van der Waals surface area (Å²) in [6, 6.07) is 3.38. The first-order valence-corrected chi connectivity index (χ1v) is 12.0. The Balaban J connectivity index is 1.43. The van der Waals surface area contributed by atoms with E-state index in [0.717, 1.165) is 30.8 Å². The fourth-order valence-corrected chi connectivity index (χ4v) is 5.30. The lowest BCUT2D eigenvalue weighted by Crippen LogP contribution is -2.51. The van der Waals surface area contributed by atoms with E-state index in [1.54, 1.807) is 6.07 Å². The molecule has 1 aromatic carbocycles. The molecule has 2 heterocycles. The van der Waals surface area contributed by atoms with Gasteiger partial charge in [-0.3, -0.25) is 9.69 Å². The summed E-state index contributed by atoms with van der Waals surface area (Å²) in [5.74, 6) is 0.0123. The number of hydrogen-bond donors (Lipinski definition) is 1. The smallest absolute Gasteiger partial charge is 0.258 e. The number of anilines is 1. The van der Waals surface area contributed by atoms with Crippen molar-refractivity contribution in [3.8, 4) is 0 Å². The normalized spacial score (nSPS) is 20.3. The third-order valence-electron chi connectivity index (χ3n) is 7.06. The molecule has 4 rings (SSSR count). The number of rotatable bonds is 6. The molecule has 1 atom stereocenters. The highest BCUT2D eigenvalue weighted by Gasteiger charge is 2.30. The van der Waals surface area contributed by atoms with Crippen molar-refractivity contribution in [1.82, 2.24) is 19.8 Å². The minimum atomic E-state index is -0.348. The molecule has 6 nitrogen and oxygen atoms in total. The molecule has 2 fully saturated rings. The van der Waals surface area contributed by atoms with Crippen LogP contribution in [0.15, 0.2) is 42.6 Å². The molecule has 1 aromatic heterocycles. The summed E-state index contributed by atoms with van der Waals surface area (Å²) < 4.78 is 14.5. The number of halogens is 1. The number of nitrogens with one attached hydrogen (secondary N) is 1. The Labute approximate surface area is 195 Å². The van der Waals surface area contributed by atoms with Gasteiger partial charge in [0.2, 0.25) is 0 Å². The molecule has 2 aromatic rings. The van der Waals surface area contributed by atoms with Crippen LogP contribution in [0.2, 0.25) is 0 Å². The fraction of sp³-hybridized carbons (Fsp3) is 0.500. The van der Waals surface area contributed by atoms with Crippen LogP contribution in [0.4, 0.5) is 10.1 Å². The van der Waals surface area contributed by atoms with E-state index in [1.807, 2.05) is 6.92 Å². The van der Waals surface area contributed by atoms with Crippen molar-refractivity contribution in [3.05, 3.63) is 65.1 Å². The van der Waals surface area contributed by atoms with Crippen molar-refractivity contribution in [2.75, 3.05) is 25.0 Å². The first kappa shape index (κ1) is 23.4. The highest BCUT2D eigenvalue weighted by Crippen LogP contribution is 2.34. The van der Waals surface area contributed by atoms with Crippen LogP contribution in [0.3, 0.4) is 0 Å². The summed E-state index contributed by atoms with van der Waals surface area (Å²) in [4.78, 5) is 25.3. The van der Waals surface area contributed by atoms with E-state index >= 15 is 0 Å². The summed E-state index contributed by atoms with van der Waals surface area (Å²) in [5, 5.41) is 2.82. The highest BCUT2D eigenvalue weighted by atomic mass is 19.1. The van der Waals surface area contributed by atoms with Crippen LogP contribution in [-0.2, 0) is 6.54 Å². The predicted octanol–water partition coefficient (Wildman–Crippen LogP) is 4.78. The van der Waals surface area contributed by atoms with Gasteiger partial charge in [-0.2, -0.15) is 0 Å². The van der Waals surface area contributed by atoms with Crippen molar-refractivity contribution in [2.24, 2.45) is 5.92 Å². The van der Waals surface area contributed by atoms with Crippen molar-refractivity contribution in [2.45, 2.75) is 59.0 Å². The van der Waals surface area contributed by atoms with E-state index in [4.69, 9.17) is 0 Å². The number of piperazine rings is 1. The maximum absolute atomic E-state index is 14.5. The van der Waals surface area contributed by atoms with Crippen molar-refractivity contribution >= 4 is 11.6 Å². The van der Waals surface area contributed by atoms with Crippen LogP contribution in [0.5, 0.6) is 0 Å². The van der Waals surface area contributed by atoms with Crippen LogP contribution < -0.4 is 5.32 Å². The molecule has 2 aliphatic rings. The molecule has 1 N–H and O–H groups in total. The SMILES string of the molecule is CC=C(C1CCCC1)N1CCN(Cc2cc(F)cc(NC(=O)c3cncnc3)c2C)CC1C. The second-order valence-electron chi connectivity index (χ2n) is 9.29. The molecular weight excluding hydrogens is 417 g/mol. The number of allylic oxidation sites excluding steroid dienone is 2. The molecule has 33 heavy (non-hydrogen) atoms. The Morgan fingerprint density at radius 3 is 2.61 bits per heavy atom. The topological polar surface area (TPSA) is 61.4 Å². The van der Waals surface area contributed by atoms with E-state index < -0.39 is 0 Å². The van der Waals surface area contributed by atoms with E-state index in [-0.39, 0.29) is 11.7 Å². The molecule has 1 saturated heterocycles. The molecule has 7 heteroatoms. The number of nitrogens with zero attached hydrogens (tertiary/aromatic N) is 4. The zero-order valence-corrected chi connectivity index (χ0v) is 19.9. The van der Waals surface area contributed by atoms with E-state index in [1.165, 1.54) is 56.2 Å². The van der Waals surface area contributed by atoms with Gasteiger partial charge in [-0.25, -0.2) is 14.4 Å². The quantitative estimate of drug-likeness (QED) is 0.685. The molecule has 0 bridgehead atoms. The van der Waals surface area contributed by atoms with Gasteiger partial charge in [-0.15, -0.1) is 0 Å². The average molecular weight is 452 g/mol. The van der Waals surface area contributed by atoms with Crippen molar-refractivity contribution in [3.63, 3.8) is 0 Å². The van der Waals surface area contributed by atoms with Crippen molar-refractivity contribution in [1.29, 1.82) is 0 Å². The second-order valence-corrected chi connectivity index (χ2v) is 9.29. The lowest BCUT2D eigenvalue weighted by atomic mass is 9.99. The van der Waals surface area contributed by atoms with Gasteiger partial charge in [0.1, 0.15) is 12.1 Å². The summed E-state index contributed by atoms with van der Waals surface area (Å²) in [6.45, 7) is 9.91. The Hall–Kier alpha value is -2.80. The molecule has 1 amide bonds. The molecule has 1 unspecified atom stereocenters. The summed E-state index contributed by atoms with van der Waals surface area (Å²) >= 11 is 0. The lowest BCUT2D eigenvalue weighted by Gasteiger charge is -2.44. The van der Waals surface area contributed by atoms with E-state index in [9.17, 15) is 9.18 Å². The number of benzene rings is 1. The zero-order chi connectivity index (χ0) is 23.4. The van der Waals surface area contributed by atoms with Gasteiger partial charge in [-0.1, -0.05) is 18.9 Å². The number of hydrogen-bond acceptors (Lipinski definition) is 5. The average Bonchev–Trinajstić information content (AvgIpc) is 3.34. The Morgan fingerprint density at radius 1 is 1.21 bits per heavy atom. The highest BCUT2D eigenvalue weighted by molar-refractivity contribution is 6.04. The molecule has 176 valence electrons. The monoisotopic (exact) mass is 451 g/mol. The summed E-state index contributed by atoms with van der Waals surface area (Å²) in [7, 11) is 0. The van der Waals surface area contributed by atoms with Crippen LogP contribution in [0.1, 0.15) is 61.0 Å². The first-order valence-electron chi connectivity index (χ1n) is 12.0. The molecule has 1 aliphatic carbocycles. The van der Waals surface area contributed by atoms with Crippen LogP contribution >= 0.6 is 0 Å². The molecule has 1 saturated carbocycles. The Bertz CT molecular complexity index is 1000.